The summed E-state index contributed by atoms with van der Waals surface area (Å²) in [6.07, 6.45) is 0.292. The van der Waals surface area contributed by atoms with E-state index in [0.29, 0.717) is 60.7 Å². The summed E-state index contributed by atoms with van der Waals surface area (Å²) < 4.78 is 23.0. The summed E-state index contributed by atoms with van der Waals surface area (Å²) in [4.78, 5) is 32.5. The Labute approximate surface area is 236 Å². The number of fused-ring (bicyclic) bond motifs is 7. The molecule has 1 fully saturated rings. The van der Waals surface area contributed by atoms with Gasteiger partial charge in [0.2, 0.25) is 0 Å². The molecule has 11 heteroatoms. The molecule has 11 nitrogen and oxygen atoms in total. The van der Waals surface area contributed by atoms with E-state index < -0.39 is 6.04 Å². The molecule has 4 heterocycles. The van der Waals surface area contributed by atoms with E-state index in [-0.39, 0.29) is 24.5 Å². The molecule has 7 rings (SSSR count). The van der Waals surface area contributed by atoms with Gasteiger partial charge in [0.1, 0.15) is 11.9 Å². The van der Waals surface area contributed by atoms with Crippen LogP contribution in [0.4, 0.5) is 5.95 Å². The summed E-state index contributed by atoms with van der Waals surface area (Å²) >= 11 is 0. The number of ether oxygens (including phenoxy) is 3. The molecular formula is C30H29N5O6. The van der Waals surface area contributed by atoms with Gasteiger partial charge in [0.15, 0.2) is 18.1 Å². The number of nitrogens with zero attached hydrogens (tertiary/aromatic N) is 3. The molecule has 41 heavy (non-hydrogen) atoms. The Morgan fingerprint density at radius 2 is 1.83 bits per heavy atom. The summed E-state index contributed by atoms with van der Waals surface area (Å²) in [5.41, 5.74) is 2.10. The number of carbonyl (C=O) groups excluding carboxylic acids is 2. The Bertz CT molecular complexity index is 1520. The number of aromatic nitrogens is 2. The highest BCUT2D eigenvalue weighted by Gasteiger charge is 2.34. The Balaban J connectivity index is 1.28. The van der Waals surface area contributed by atoms with Crippen LogP contribution in [0.3, 0.4) is 0 Å². The minimum Gasteiger partial charge on any atom is -0.493 e. The van der Waals surface area contributed by atoms with Crippen molar-refractivity contribution in [3.63, 3.8) is 0 Å². The fourth-order valence-electron chi connectivity index (χ4n) is 4.87. The van der Waals surface area contributed by atoms with Crippen LogP contribution in [0.2, 0.25) is 0 Å². The van der Waals surface area contributed by atoms with Gasteiger partial charge in [-0.25, -0.2) is 0 Å². The average molecular weight is 556 g/mol. The van der Waals surface area contributed by atoms with Gasteiger partial charge in [-0.05, 0) is 53.2 Å². The third-order valence-corrected chi connectivity index (χ3v) is 7.07. The van der Waals surface area contributed by atoms with Gasteiger partial charge in [0.05, 0.1) is 13.2 Å². The van der Waals surface area contributed by atoms with Crippen molar-refractivity contribution in [2.45, 2.75) is 25.1 Å². The number of rotatable bonds is 3. The van der Waals surface area contributed by atoms with Crippen molar-refractivity contribution >= 4 is 17.8 Å². The highest BCUT2D eigenvalue weighted by molar-refractivity contribution is 5.95. The standard InChI is InChI=1S/C30H29N5O6/c1-38-25-12-9-21-15-26(25)39-18-27(36)31-16-19-7-10-22(11-8-19)40-24-13-14-35(17-23(24)32-28(21)37)30-33-29(41-34-30)20-5-3-2-4-6-20/h2-12,15,23-24H,13-14,16-18H2,1H3,(H,31,36)(H,32,37)/t23-,24+/m0/s1. The van der Waals surface area contributed by atoms with Crippen LogP contribution in [0, 0.1) is 0 Å². The minimum atomic E-state index is -0.403. The molecule has 4 bridgehead atoms. The van der Waals surface area contributed by atoms with Crippen molar-refractivity contribution in [2.75, 3.05) is 31.7 Å². The van der Waals surface area contributed by atoms with Gasteiger partial charge in [-0.15, -0.1) is 0 Å². The summed E-state index contributed by atoms with van der Waals surface area (Å²) in [6.45, 7) is 1.13. The fourth-order valence-corrected chi connectivity index (χ4v) is 4.87. The van der Waals surface area contributed by atoms with Crippen LogP contribution in [0.15, 0.2) is 77.3 Å². The zero-order valence-corrected chi connectivity index (χ0v) is 22.4. The summed E-state index contributed by atoms with van der Waals surface area (Å²) in [5, 5.41) is 10.2. The predicted molar refractivity (Wildman–Crippen MR) is 149 cm³/mol. The lowest BCUT2D eigenvalue weighted by Gasteiger charge is -2.38. The van der Waals surface area contributed by atoms with E-state index in [1.54, 1.807) is 18.2 Å². The maximum atomic E-state index is 13.5. The van der Waals surface area contributed by atoms with Crippen molar-refractivity contribution in [3.05, 3.63) is 83.9 Å². The predicted octanol–water partition coefficient (Wildman–Crippen LogP) is 3.21. The number of anilines is 1. The van der Waals surface area contributed by atoms with Crippen LogP contribution >= 0.6 is 0 Å². The van der Waals surface area contributed by atoms with Crippen LogP contribution in [0.1, 0.15) is 22.3 Å². The molecule has 2 atom stereocenters. The van der Waals surface area contributed by atoms with Gasteiger partial charge in [-0.2, -0.15) is 4.98 Å². The van der Waals surface area contributed by atoms with Crippen molar-refractivity contribution in [3.8, 4) is 28.7 Å². The molecule has 3 aliphatic heterocycles. The van der Waals surface area contributed by atoms with Crippen LogP contribution in [-0.2, 0) is 11.3 Å². The van der Waals surface area contributed by atoms with E-state index in [0.717, 1.165) is 11.1 Å². The molecule has 1 saturated heterocycles. The van der Waals surface area contributed by atoms with E-state index >= 15 is 0 Å². The first-order chi connectivity index (χ1) is 20.1. The molecule has 2 N–H and O–H groups in total. The molecule has 0 aliphatic carbocycles. The van der Waals surface area contributed by atoms with E-state index in [1.807, 2.05) is 59.5 Å². The number of methoxy groups -OCH3 is 1. The maximum absolute atomic E-state index is 13.5. The lowest BCUT2D eigenvalue weighted by atomic mass is 10.0. The molecule has 0 radical (unpaired) electrons. The molecular weight excluding hydrogens is 526 g/mol. The van der Waals surface area contributed by atoms with Gasteiger partial charge < -0.3 is 34.3 Å². The Kier molecular flexibility index (Phi) is 7.40. The second-order valence-corrected chi connectivity index (χ2v) is 9.81. The van der Waals surface area contributed by atoms with E-state index in [2.05, 4.69) is 20.8 Å². The van der Waals surface area contributed by atoms with Crippen molar-refractivity contribution in [1.82, 2.24) is 20.8 Å². The van der Waals surface area contributed by atoms with Gasteiger partial charge >= 0.3 is 0 Å². The van der Waals surface area contributed by atoms with Crippen LogP contribution in [0.25, 0.3) is 11.5 Å². The summed E-state index contributed by atoms with van der Waals surface area (Å²) in [7, 11) is 1.50. The molecule has 3 aliphatic rings. The first-order valence-corrected chi connectivity index (χ1v) is 13.3. The summed E-state index contributed by atoms with van der Waals surface area (Å²) in [5.74, 6) is 1.64. The molecule has 0 saturated carbocycles. The number of hydrogen-bond donors (Lipinski definition) is 2. The highest BCUT2D eigenvalue weighted by atomic mass is 16.5. The third-order valence-electron chi connectivity index (χ3n) is 7.07. The van der Waals surface area contributed by atoms with Crippen LogP contribution < -0.4 is 29.7 Å². The van der Waals surface area contributed by atoms with Gasteiger partial charge in [-0.3, -0.25) is 9.59 Å². The number of hydrogen-bond acceptors (Lipinski definition) is 9. The SMILES string of the molecule is COc1ccc2cc1OCC(=O)NCc1ccc(cc1)O[C@@H]1CCN(c3noc(-c4ccccc4)n3)C[C@@H]1NC2=O. The Morgan fingerprint density at radius 3 is 2.63 bits per heavy atom. The topological polar surface area (TPSA) is 128 Å². The largest absolute Gasteiger partial charge is 0.493 e. The molecule has 2 amide bonds. The maximum Gasteiger partial charge on any atom is 0.266 e. The van der Waals surface area contributed by atoms with Gasteiger partial charge in [-0.1, -0.05) is 30.3 Å². The van der Waals surface area contributed by atoms with Gasteiger partial charge in [0, 0.05) is 37.2 Å². The second kappa shape index (κ2) is 11.6. The zero-order valence-electron chi connectivity index (χ0n) is 22.4. The molecule has 3 aromatic carbocycles. The first-order valence-electron chi connectivity index (χ1n) is 13.3. The summed E-state index contributed by atoms with van der Waals surface area (Å²) in [6, 6.07) is 21.5. The van der Waals surface area contributed by atoms with E-state index in [4.69, 9.17) is 18.7 Å². The minimum absolute atomic E-state index is 0.224. The smallest absolute Gasteiger partial charge is 0.266 e. The van der Waals surface area contributed by atoms with E-state index in [1.165, 1.54) is 7.11 Å². The van der Waals surface area contributed by atoms with Crippen LogP contribution in [-0.4, -0.2) is 60.9 Å². The van der Waals surface area contributed by atoms with Crippen molar-refractivity contribution in [2.24, 2.45) is 0 Å². The number of nitrogens with one attached hydrogen (secondary N) is 2. The van der Waals surface area contributed by atoms with Crippen molar-refractivity contribution in [1.29, 1.82) is 0 Å². The monoisotopic (exact) mass is 555 g/mol. The second-order valence-electron chi connectivity index (χ2n) is 9.81. The normalized spacial score (nSPS) is 19.2. The number of benzene rings is 3. The number of amides is 2. The Hall–Kier alpha value is -5.06. The van der Waals surface area contributed by atoms with Crippen molar-refractivity contribution < 1.29 is 28.3 Å². The molecule has 4 aromatic rings. The molecule has 0 spiro atoms. The highest BCUT2D eigenvalue weighted by Crippen LogP contribution is 2.29. The fraction of sp³-hybridized carbons (Fsp3) is 0.267. The molecule has 0 unspecified atom stereocenters. The van der Waals surface area contributed by atoms with E-state index in [9.17, 15) is 9.59 Å². The molecule has 210 valence electrons. The average Bonchev–Trinajstić information content (AvgIpc) is 3.51. The first kappa shape index (κ1) is 26.2. The van der Waals surface area contributed by atoms with Gasteiger partial charge in [0.25, 0.3) is 23.7 Å². The number of piperidine rings is 1. The number of carbonyl (C=O) groups is 2. The lowest BCUT2D eigenvalue weighted by molar-refractivity contribution is -0.123. The Morgan fingerprint density at radius 1 is 1.00 bits per heavy atom. The van der Waals surface area contributed by atoms with Crippen LogP contribution in [0.5, 0.6) is 17.2 Å². The molecule has 1 aromatic heterocycles. The zero-order chi connectivity index (χ0) is 28.2. The lowest BCUT2D eigenvalue weighted by Crippen LogP contribution is -2.57. The quantitative estimate of drug-likeness (QED) is 0.392. The third kappa shape index (κ3) is 5.93.